The second-order valence-corrected chi connectivity index (χ2v) is 10.8. The molecule has 2 heterocycles. The molecule has 0 fully saturated rings. The van der Waals surface area contributed by atoms with Crippen LogP contribution in [0.2, 0.25) is 5.02 Å². The Morgan fingerprint density at radius 2 is 1.68 bits per heavy atom. The third-order valence-corrected chi connectivity index (χ3v) is 6.58. The normalized spacial score (nSPS) is 11.9. The first-order chi connectivity index (χ1) is 14.5. The first kappa shape index (κ1) is 23.5. The molecule has 1 aromatic carbocycles. The summed E-state index contributed by atoms with van der Waals surface area (Å²) in [5, 5.41) is 2.71. The molecule has 0 spiro atoms. The van der Waals surface area contributed by atoms with Crippen LogP contribution in [0.4, 0.5) is 0 Å². The Labute approximate surface area is 195 Å². The van der Waals surface area contributed by atoms with Gasteiger partial charge in [-0.2, -0.15) is 0 Å². The summed E-state index contributed by atoms with van der Waals surface area (Å²) < 4.78 is 0. The topological polar surface area (TPSA) is 33.2 Å². The van der Waals surface area contributed by atoms with Crippen molar-refractivity contribution in [2.75, 3.05) is 0 Å². The Morgan fingerprint density at radius 1 is 1.00 bits per heavy atom. The standard InChI is InChI=1S/C26H31ClN2OS/c1-16(2)29(17(3)4)25(30)19-8-9-21(22(27)12-19)20-13-23(31-15-20)18-10-11-28-24(14-18)26(5,6)7/h8-17H,1-7H3. The van der Waals surface area contributed by atoms with E-state index in [0.717, 1.165) is 22.4 Å². The van der Waals surface area contributed by atoms with Gasteiger partial charge in [0.25, 0.3) is 5.91 Å². The van der Waals surface area contributed by atoms with Gasteiger partial charge in [-0.05, 0) is 74.5 Å². The van der Waals surface area contributed by atoms with Gasteiger partial charge in [0.15, 0.2) is 0 Å². The highest BCUT2D eigenvalue weighted by Gasteiger charge is 2.22. The number of carbonyl (C=O) groups excluding carboxylic acids is 1. The molecule has 0 bridgehead atoms. The Kier molecular flexibility index (Phi) is 6.92. The average Bonchev–Trinajstić information content (AvgIpc) is 3.16. The molecular weight excluding hydrogens is 424 g/mol. The zero-order chi connectivity index (χ0) is 22.9. The van der Waals surface area contributed by atoms with Crippen LogP contribution in [-0.2, 0) is 5.41 Å². The van der Waals surface area contributed by atoms with Crippen LogP contribution in [0.1, 0.15) is 64.5 Å². The molecule has 0 atom stereocenters. The van der Waals surface area contributed by atoms with E-state index < -0.39 is 0 Å². The molecule has 0 saturated heterocycles. The molecule has 3 nitrogen and oxygen atoms in total. The van der Waals surface area contributed by atoms with Crippen molar-refractivity contribution in [2.45, 2.75) is 66.0 Å². The number of benzene rings is 1. The Morgan fingerprint density at radius 3 is 2.26 bits per heavy atom. The van der Waals surface area contributed by atoms with Gasteiger partial charge >= 0.3 is 0 Å². The monoisotopic (exact) mass is 454 g/mol. The summed E-state index contributed by atoms with van der Waals surface area (Å²) in [4.78, 5) is 20.6. The lowest BCUT2D eigenvalue weighted by atomic mass is 9.90. The zero-order valence-electron chi connectivity index (χ0n) is 19.4. The highest BCUT2D eigenvalue weighted by atomic mass is 35.5. The molecule has 3 aromatic rings. The number of carbonyl (C=O) groups is 1. The zero-order valence-corrected chi connectivity index (χ0v) is 20.9. The van der Waals surface area contributed by atoms with E-state index in [1.165, 1.54) is 4.88 Å². The summed E-state index contributed by atoms with van der Waals surface area (Å²) in [5.41, 5.74) is 4.84. The fourth-order valence-corrected chi connectivity index (χ4v) is 4.92. The second-order valence-electron chi connectivity index (χ2n) is 9.47. The molecule has 5 heteroatoms. The first-order valence-electron chi connectivity index (χ1n) is 10.7. The maximum Gasteiger partial charge on any atom is 0.254 e. The van der Waals surface area contributed by atoms with Gasteiger partial charge in [0.05, 0.1) is 0 Å². The number of halogens is 1. The molecule has 0 saturated carbocycles. The molecule has 0 radical (unpaired) electrons. The van der Waals surface area contributed by atoms with Crippen molar-refractivity contribution in [1.82, 2.24) is 9.88 Å². The van der Waals surface area contributed by atoms with Gasteiger partial charge < -0.3 is 4.90 Å². The molecule has 31 heavy (non-hydrogen) atoms. The lowest BCUT2D eigenvalue weighted by molar-refractivity contribution is 0.0643. The molecule has 1 amide bonds. The summed E-state index contributed by atoms with van der Waals surface area (Å²) in [6, 6.07) is 12.2. The maximum atomic E-state index is 13.0. The van der Waals surface area contributed by atoms with Crippen molar-refractivity contribution in [1.29, 1.82) is 0 Å². The minimum absolute atomic E-state index is 0.00162. The van der Waals surface area contributed by atoms with Gasteiger partial charge in [-0.1, -0.05) is 38.4 Å². The third-order valence-electron chi connectivity index (χ3n) is 5.29. The van der Waals surface area contributed by atoms with Crippen LogP contribution in [0.25, 0.3) is 21.6 Å². The van der Waals surface area contributed by atoms with Crippen molar-refractivity contribution in [3.8, 4) is 21.6 Å². The first-order valence-corrected chi connectivity index (χ1v) is 11.9. The van der Waals surface area contributed by atoms with Gasteiger partial charge in [-0.3, -0.25) is 9.78 Å². The number of hydrogen-bond donors (Lipinski definition) is 0. The average molecular weight is 455 g/mol. The highest BCUT2D eigenvalue weighted by Crippen LogP contribution is 2.37. The number of pyridine rings is 1. The highest BCUT2D eigenvalue weighted by molar-refractivity contribution is 7.14. The minimum atomic E-state index is 0.00162. The van der Waals surface area contributed by atoms with Gasteiger partial charge in [-0.25, -0.2) is 0 Å². The summed E-state index contributed by atoms with van der Waals surface area (Å²) in [5.74, 6) is 0.0101. The van der Waals surface area contributed by atoms with Crippen LogP contribution in [-0.4, -0.2) is 27.9 Å². The van der Waals surface area contributed by atoms with Crippen molar-refractivity contribution in [3.05, 3.63) is 64.3 Å². The van der Waals surface area contributed by atoms with Crippen LogP contribution in [0.15, 0.2) is 48.0 Å². The van der Waals surface area contributed by atoms with Gasteiger partial charge in [-0.15, -0.1) is 11.3 Å². The lowest BCUT2D eigenvalue weighted by Gasteiger charge is -2.31. The number of amides is 1. The molecule has 0 aliphatic rings. The van der Waals surface area contributed by atoms with E-state index in [1.54, 1.807) is 17.4 Å². The van der Waals surface area contributed by atoms with E-state index in [4.69, 9.17) is 11.6 Å². The van der Waals surface area contributed by atoms with Crippen molar-refractivity contribution < 1.29 is 4.79 Å². The maximum absolute atomic E-state index is 13.0. The number of thiophene rings is 1. The van der Waals surface area contributed by atoms with E-state index in [1.807, 2.05) is 57.0 Å². The molecule has 0 aliphatic heterocycles. The molecule has 0 N–H and O–H groups in total. The van der Waals surface area contributed by atoms with Crippen LogP contribution < -0.4 is 0 Å². The second kappa shape index (κ2) is 9.13. The van der Waals surface area contributed by atoms with E-state index in [-0.39, 0.29) is 23.4 Å². The van der Waals surface area contributed by atoms with Crippen LogP contribution in [0, 0.1) is 0 Å². The molecule has 164 valence electrons. The van der Waals surface area contributed by atoms with Crippen molar-refractivity contribution in [3.63, 3.8) is 0 Å². The van der Waals surface area contributed by atoms with E-state index in [0.29, 0.717) is 10.6 Å². The summed E-state index contributed by atoms with van der Waals surface area (Å²) in [6.07, 6.45) is 1.87. The SMILES string of the molecule is CC(C)N(C(=O)c1ccc(-c2csc(-c3ccnc(C(C)(C)C)c3)c2)c(Cl)c1)C(C)C. The lowest BCUT2D eigenvalue weighted by Crippen LogP contribution is -2.42. The summed E-state index contributed by atoms with van der Waals surface area (Å²) in [6.45, 7) is 14.6. The fourth-order valence-electron chi connectivity index (χ4n) is 3.72. The van der Waals surface area contributed by atoms with Gasteiger partial charge in [0.2, 0.25) is 0 Å². The van der Waals surface area contributed by atoms with Crippen molar-refractivity contribution >= 4 is 28.8 Å². The predicted octanol–water partition coefficient (Wildman–Crippen LogP) is 7.69. The van der Waals surface area contributed by atoms with E-state index in [9.17, 15) is 4.79 Å². The van der Waals surface area contributed by atoms with Crippen molar-refractivity contribution in [2.24, 2.45) is 0 Å². The summed E-state index contributed by atoms with van der Waals surface area (Å²) >= 11 is 8.32. The molecule has 3 rings (SSSR count). The van der Waals surface area contributed by atoms with E-state index >= 15 is 0 Å². The number of rotatable bonds is 5. The Bertz CT molecular complexity index is 1070. The summed E-state index contributed by atoms with van der Waals surface area (Å²) in [7, 11) is 0. The number of nitrogens with zero attached hydrogens (tertiary/aromatic N) is 2. The molecule has 0 aliphatic carbocycles. The Hall–Kier alpha value is -2.17. The fraction of sp³-hybridized carbons (Fsp3) is 0.385. The van der Waals surface area contributed by atoms with Crippen LogP contribution >= 0.6 is 22.9 Å². The predicted molar refractivity (Wildman–Crippen MR) is 133 cm³/mol. The van der Waals surface area contributed by atoms with E-state index in [2.05, 4.69) is 43.3 Å². The third kappa shape index (κ3) is 5.19. The quantitative estimate of drug-likeness (QED) is 0.395. The minimum Gasteiger partial charge on any atom is -0.334 e. The largest absolute Gasteiger partial charge is 0.334 e. The Balaban J connectivity index is 1.91. The van der Waals surface area contributed by atoms with Crippen LogP contribution in [0.5, 0.6) is 0 Å². The van der Waals surface area contributed by atoms with Gasteiger partial charge in [0, 0.05) is 50.4 Å². The molecule has 0 unspecified atom stereocenters. The van der Waals surface area contributed by atoms with Crippen LogP contribution in [0.3, 0.4) is 0 Å². The number of hydrogen-bond acceptors (Lipinski definition) is 3. The molecule has 2 aromatic heterocycles. The smallest absolute Gasteiger partial charge is 0.254 e. The number of aromatic nitrogens is 1. The molecular formula is C26H31ClN2OS. The van der Waals surface area contributed by atoms with Gasteiger partial charge in [0.1, 0.15) is 0 Å².